The molecule has 0 unspecified atom stereocenters. The van der Waals surface area contributed by atoms with Gasteiger partial charge in [0.15, 0.2) is 5.78 Å². The van der Waals surface area contributed by atoms with E-state index in [0.29, 0.717) is 13.1 Å². The fourth-order valence-corrected chi connectivity index (χ4v) is 1.81. The van der Waals surface area contributed by atoms with E-state index in [9.17, 15) is 4.79 Å². The second-order valence-corrected chi connectivity index (χ2v) is 3.91. The van der Waals surface area contributed by atoms with Crippen LogP contribution in [-0.2, 0) is 4.79 Å². The van der Waals surface area contributed by atoms with Gasteiger partial charge in [-0.3, -0.25) is 10.1 Å². The first-order chi connectivity index (χ1) is 7.34. The lowest BCUT2D eigenvalue weighted by molar-refractivity contribution is -0.114. The first kappa shape index (κ1) is 12.0. The maximum Gasteiger partial charge on any atom is 0.172 e. The lowest BCUT2D eigenvalue weighted by Gasteiger charge is -2.10. The maximum absolute atomic E-state index is 11.7. The number of rotatable bonds is 4. The van der Waals surface area contributed by atoms with Gasteiger partial charge in [0, 0.05) is 0 Å². The molecule has 15 heavy (non-hydrogen) atoms. The van der Waals surface area contributed by atoms with E-state index in [2.05, 4.69) is 17.3 Å². The standard InChI is InChI=1S/C13H19NO/c1-2-10-14-11-13(15)12-8-6-4-3-5-7-9-12/h1,8,14H,3-7,9-11H2. The van der Waals surface area contributed by atoms with Gasteiger partial charge in [-0.05, 0) is 31.3 Å². The molecule has 0 bridgehead atoms. The van der Waals surface area contributed by atoms with Gasteiger partial charge >= 0.3 is 0 Å². The van der Waals surface area contributed by atoms with E-state index in [4.69, 9.17) is 6.42 Å². The van der Waals surface area contributed by atoms with E-state index in [-0.39, 0.29) is 5.78 Å². The Morgan fingerprint density at radius 2 is 2.20 bits per heavy atom. The van der Waals surface area contributed by atoms with Gasteiger partial charge in [0.05, 0.1) is 13.1 Å². The number of Topliss-reactive ketones (excluding diaryl/α,β-unsaturated/α-hetero) is 1. The zero-order valence-electron chi connectivity index (χ0n) is 9.22. The van der Waals surface area contributed by atoms with Gasteiger partial charge in [0.2, 0.25) is 0 Å². The molecule has 0 spiro atoms. The quantitative estimate of drug-likeness (QED) is 0.562. The number of terminal acetylenes is 1. The Morgan fingerprint density at radius 1 is 1.40 bits per heavy atom. The molecule has 0 heterocycles. The van der Waals surface area contributed by atoms with Crippen LogP contribution >= 0.6 is 0 Å². The van der Waals surface area contributed by atoms with Gasteiger partial charge in [0.25, 0.3) is 0 Å². The van der Waals surface area contributed by atoms with Crippen molar-refractivity contribution in [1.82, 2.24) is 5.32 Å². The zero-order chi connectivity index (χ0) is 10.9. The predicted octanol–water partition coefficient (Wildman–Crippen LogP) is 2.06. The van der Waals surface area contributed by atoms with Crippen LogP contribution in [0.4, 0.5) is 0 Å². The van der Waals surface area contributed by atoms with Crippen LogP contribution in [0.15, 0.2) is 11.6 Å². The Hall–Kier alpha value is -1.07. The molecule has 82 valence electrons. The monoisotopic (exact) mass is 205 g/mol. The molecule has 0 saturated carbocycles. The number of ketones is 1. The Morgan fingerprint density at radius 3 is 3.00 bits per heavy atom. The Bertz CT molecular complexity index is 273. The summed E-state index contributed by atoms with van der Waals surface area (Å²) >= 11 is 0. The van der Waals surface area contributed by atoms with E-state index < -0.39 is 0 Å². The van der Waals surface area contributed by atoms with Crippen LogP contribution in [0.5, 0.6) is 0 Å². The molecule has 1 aliphatic rings. The molecule has 1 rings (SSSR count). The lowest BCUT2D eigenvalue weighted by atomic mass is 9.97. The summed E-state index contributed by atoms with van der Waals surface area (Å²) in [4.78, 5) is 11.7. The molecule has 2 nitrogen and oxygen atoms in total. The Balaban J connectivity index is 2.38. The largest absolute Gasteiger partial charge is 0.299 e. The summed E-state index contributed by atoms with van der Waals surface area (Å²) in [6.07, 6.45) is 14.1. The van der Waals surface area contributed by atoms with Gasteiger partial charge in [-0.1, -0.05) is 24.8 Å². The average molecular weight is 205 g/mol. The summed E-state index contributed by atoms with van der Waals surface area (Å²) in [5.41, 5.74) is 0.999. The molecular weight excluding hydrogens is 186 g/mol. The van der Waals surface area contributed by atoms with Crippen molar-refractivity contribution in [2.75, 3.05) is 13.1 Å². The van der Waals surface area contributed by atoms with Gasteiger partial charge in [-0.25, -0.2) is 0 Å². The average Bonchev–Trinajstić information content (AvgIpc) is 2.17. The predicted molar refractivity (Wildman–Crippen MR) is 62.5 cm³/mol. The van der Waals surface area contributed by atoms with Crippen LogP contribution in [-0.4, -0.2) is 18.9 Å². The lowest BCUT2D eigenvalue weighted by Crippen LogP contribution is -2.24. The number of hydrogen-bond acceptors (Lipinski definition) is 2. The van der Waals surface area contributed by atoms with Crippen LogP contribution in [0.25, 0.3) is 0 Å². The summed E-state index contributed by atoms with van der Waals surface area (Å²) in [5, 5.41) is 2.94. The molecule has 0 aliphatic heterocycles. The van der Waals surface area contributed by atoms with E-state index in [1.807, 2.05) is 0 Å². The molecule has 0 atom stereocenters. The van der Waals surface area contributed by atoms with Crippen molar-refractivity contribution in [2.24, 2.45) is 0 Å². The Kier molecular flexibility index (Phi) is 5.80. The fraction of sp³-hybridized carbons (Fsp3) is 0.615. The van der Waals surface area contributed by atoms with Gasteiger partial charge in [-0.15, -0.1) is 6.42 Å². The minimum atomic E-state index is 0.215. The van der Waals surface area contributed by atoms with Gasteiger partial charge < -0.3 is 0 Å². The van der Waals surface area contributed by atoms with Crippen LogP contribution in [0, 0.1) is 12.3 Å². The van der Waals surface area contributed by atoms with Crippen molar-refractivity contribution >= 4 is 5.78 Å². The highest BCUT2D eigenvalue weighted by Gasteiger charge is 2.09. The molecule has 0 saturated heterocycles. The fourth-order valence-electron chi connectivity index (χ4n) is 1.81. The molecule has 0 radical (unpaired) electrons. The van der Waals surface area contributed by atoms with Crippen molar-refractivity contribution in [3.05, 3.63) is 11.6 Å². The molecule has 0 aromatic rings. The third-order valence-electron chi connectivity index (χ3n) is 2.66. The SMILES string of the molecule is C#CCNCC(=O)C1=CCCCCCC1. The summed E-state index contributed by atoms with van der Waals surface area (Å²) in [6.45, 7) is 0.856. The third kappa shape index (κ3) is 4.80. The van der Waals surface area contributed by atoms with E-state index in [1.165, 1.54) is 19.3 Å². The first-order valence-corrected chi connectivity index (χ1v) is 5.71. The minimum absolute atomic E-state index is 0.215. The van der Waals surface area contributed by atoms with Crippen molar-refractivity contribution < 1.29 is 4.79 Å². The second kappa shape index (κ2) is 7.25. The van der Waals surface area contributed by atoms with Gasteiger partial charge in [-0.2, -0.15) is 0 Å². The molecule has 2 heteroatoms. The summed E-state index contributed by atoms with van der Waals surface area (Å²) < 4.78 is 0. The summed E-state index contributed by atoms with van der Waals surface area (Å²) in [5.74, 6) is 2.68. The van der Waals surface area contributed by atoms with E-state index in [1.54, 1.807) is 0 Å². The van der Waals surface area contributed by atoms with Crippen LogP contribution in [0.1, 0.15) is 38.5 Å². The number of carbonyl (C=O) groups is 1. The van der Waals surface area contributed by atoms with Crippen molar-refractivity contribution in [1.29, 1.82) is 0 Å². The Labute approximate surface area is 92.1 Å². The van der Waals surface area contributed by atoms with Crippen LogP contribution < -0.4 is 5.32 Å². The normalized spacial score (nSPS) is 17.1. The highest BCUT2D eigenvalue weighted by atomic mass is 16.1. The van der Waals surface area contributed by atoms with Crippen LogP contribution in [0.2, 0.25) is 0 Å². The van der Waals surface area contributed by atoms with E-state index in [0.717, 1.165) is 24.8 Å². The van der Waals surface area contributed by atoms with Crippen molar-refractivity contribution in [3.63, 3.8) is 0 Å². The zero-order valence-corrected chi connectivity index (χ0v) is 9.22. The van der Waals surface area contributed by atoms with Gasteiger partial charge in [0.1, 0.15) is 0 Å². The molecule has 0 aromatic heterocycles. The number of allylic oxidation sites excluding steroid dienone is 1. The molecule has 1 N–H and O–H groups in total. The summed E-state index contributed by atoms with van der Waals surface area (Å²) in [6, 6.07) is 0. The molecule has 0 aromatic carbocycles. The highest BCUT2D eigenvalue weighted by Crippen LogP contribution is 2.17. The maximum atomic E-state index is 11.7. The topological polar surface area (TPSA) is 29.1 Å². The van der Waals surface area contributed by atoms with Crippen molar-refractivity contribution in [2.45, 2.75) is 38.5 Å². The van der Waals surface area contributed by atoms with Crippen molar-refractivity contribution in [3.8, 4) is 12.3 Å². The van der Waals surface area contributed by atoms with Crippen LogP contribution in [0.3, 0.4) is 0 Å². The number of carbonyl (C=O) groups excluding carboxylic acids is 1. The highest BCUT2D eigenvalue weighted by molar-refractivity contribution is 5.96. The molecule has 0 fully saturated rings. The summed E-state index contributed by atoms with van der Waals surface area (Å²) in [7, 11) is 0. The molecule has 1 aliphatic carbocycles. The minimum Gasteiger partial charge on any atom is -0.299 e. The first-order valence-electron chi connectivity index (χ1n) is 5.71. The molecule has 0 amide bonds. The van der Waals surface area contributed by atoms with E-state index >= 15 is 0 Å². The number of hydrogen-bond donors (Lipinski definition) is 1. The smallest absolute Gasteiger partial charge is 0.172 e. The second-order valence-electron chi connectivity index (χ2n) is 3.91. The number of nitrogens with one attached hydrogen (secondary N) is 1. The third-order valence-corrected chi connectivity index (χ3v) is 2.66. The molecular formula is C13H19NO.